The minimum atomic E-state index is -0.737. The summed E-state index contributed by atoms with van der Waals surface area (Å²) in [5.74, 6) is -1.16. The van der Waals surface area contributed by atoms with Crippen LogP contribution in [-0.2, 0) is 11.3 Å². The lowest BCUT2D eigenvalue weighted by molar-refractivity contribution is -0.124. The fourth-order valence-electron chi connectivity index (χ4n) is 1.87. The molecule has 0 unspecified atom stereocenters. The number of thiophene rings is 1. The highest BCUT2D eigenvalue weighted by Crippen LogP contribution is 2.27. The van der Waals surface area contributed by atoms with Crippen LogP contribution in [0.1, 0.15) is 4.88 Å². The molecule has 1 aliphatic heterocycles. The number of halogens is 2. The Morgan fingerprint density at radius 3 is 2.86 bits per heavy atom. The molecule has 21 heavy (non-hydrogen) atoms. The third-order valence-electron chi connectivity index (χ3n) is 2.88. The predicted octanol–water partition coefficient (Wildman–Crippen LogP) is 3.79. The topological polar surface area (TPSA) is 32.7 Å². The van der Waals surface area contributed by atoms with Gasteiger partial charge in [-0.2, -0.15) is 0 Å². The molecule has 1 fully saturated rings. The monoisotopic (exact) mass is 324 g/mol. The van der Waals surface area contributed by atoms with Crippen LogP contribution in [0.15, 0.2) is 40.7 Å². The summed E-state index contributed by atoms with van der Waals surface area (Å²) < 4.78 is 26.5. The van der Waals surface area contributed by atoms with E-state index in [4.69, 9.17) is 0 Å². The normalized spacial score (nSPS) is 17.0. The molecule has 0 saturated carbocycles. The van der Waals surface area contributed by atoms with Crippen molar-refractivity contribution in [3.8, 4) is 0 Å². The summed E-state index contributed by atoms with van der Waals surface area (Å²) in [7, 11) is 0. The molecule has 7 heteroatoms. The number of thioether (sulfide) groups is 1. The highest BCUT2D eigenvalue weighted by atomic mass is 32.2. The average molecular weight is 324 g/mol. The van der Waals surface area contributed by atoms with E-state index in [9.17, 15) is 13.6 Å². The van der Waals surface area contributed by atoms with Crippen molar-refractivity contribution in [2.75, 3.05) is 5.75 Å². The number of hydrogen-bond donors (Lipinski definition) is 0. The van der Waals surface area contributed by atoms with Gasteiger partial charge >= 0.3 is 0 Å². The largest absolute Gasteiger partial charge is 0.285 e. The lowest BCUT2D eigenvalue weighted by Gasteiger charge is -2.14. The molecular weight excluding hydrogens is 314 g/mol. The number of nitrogens with zero attached hydrogens (tertiary/aromatic N) is 2. The molecule has 3 rings (SSSR count). The molecule has 1 aliphatic rings. The van der Waals surface area contributed by atoms with Crippen LogP contribution in [0.2, 0.25) is 0 Å². The summed E-state index contributed by atoms with van der Waals surface area (Å²) in [6.45, 7) is 0.422. The Morgan fingerprint density at radius 2 is 2.14 bits per heavy atom. The zero-order valence-corrected chi connectivity index (χ0v) is 12.4. The lowest BCUT2D eigenvalue weighted by atomic mass is 10.3. The summed E-state index contributed by atoms with van der Waals surface area (Å²) in [6.07, 6.45) is 0. The van der Waals surface area contributed by atoms with E-state index < -0.39 is 11.6 Å². The molecule has 0 bridgehead atoms. The summed E-state index contributed by atoms with van der Waals surface area (Å²) in [5.41, 5.74) is 0.0322. The van der Waals surface area contributed by atoms with Crippen molar-refractivity contribution in [2.45, 2.75) is 6.54 Å². The van der Waals surface area contributed by atoms with Crippen LogP contribution in [0.3, 0.4) is 0 Å². The molecule has 0 atom stereocenters. The third-order valence-corrected chi connectivity index (χ3v) is 4.70. The smallest absolute Gasteiger partial charge is 0.239 e. The van der Waals surface area contributed by atoms with Gasteiger partial charge in [0.15, 0.2) is 11.0 Å². The molecule has 1 saturated heterocycles. The molecule has 1 amide bonds. The van der Waals surface area contributed by atoms with Crippen molar-refractivity contribution in [1.29, 1.82) is 0 Å². The maximum absolute atomic E-state index is 13.6. The summed E-state index contributed by atoms with van der Waals surface area (Å²) >= 11 is 2.80. The highest BCUT2D eigenvalue weighted by molar-refractivity contribution is 8.15. The van der Waals surface area contributed by atoms with Crippen molar-refractivity contribution < 1.29 is 13.6 Å². The highest BCUT2D eigenvalue weighted by Gasteiger charge is 2.28. The maximum atomic E-state index is 13.6. The van der Waals surface area contributed by atoms with Crippen molar-refractivity contribution in [2.24, 2.45) is 4.99 Å². The SMILES string of the molecule is O=C1CSC(=Nc2ccc(F)cc2F)N1Cc1cccs1. The molecule has 3 nitrogen and oxygen atoms in total. The molecule has 2 aromatic rings. The number of benzene rings is 1. The summed E-state index contributed by atoms with van der Waals surface area (Å²) in [4.78, 5) is 18.6. The van der Waals surface area contributed by atoms with Gasteiger partial charge in [-0.3, -0.25) is 9.69 Å². The van der Waals surface area contributed by atoms with Gasteiger partial charge in [0.05, 0.1) is 12.3 Å². The lowest BCUT2D eigenvalue weighted by Crippen LogP contribution is -2.28. The van der Waals surface area contributed by atoms with Crippen LogP contribution in [0, 0.1) is 11.6 Å². The Kier molecular flexibility index (Phi) is 4.03. The van der Waals surface area contributed by atoms with E-state index in [1.165, 1.54) is 22.7 Å². The standard InChI is InChI=1S/C14H10F2N2OS2/c15-9-3-4-12(11(16)6-9)17-14-18(13(19)8-21-14)7-10-2-1-5-20-10/h1-6H,7-8H2. The fraction of sp³-hybridized carbons (Fsp3) is 0.143. The average Bonchev–Trinajstić information content (AvgIpc) is 3.07. The first kappa shape index (κ1) is 14.2. The van der Waals surface area contributed by atoms with Crippen molar-refractivity contribution in [3.05, 3.63) is 52.2 Å². The number of aliphatic imine (C=N–C) groups is 1. The van der Waals surface area contributed by atoms with Gasteiger partial charge in [-0.1, -0.05) is 17.8 Å². The predicted molar refractivity (Wildman–Crippen MR) is 80.8 cm³/mol. The van der Waals surface area contributed by atoms with Crippen LogP contribution in [-0.4, -0.2) is 21.7 Å². The number of rotatable bonds is 3. The quantitative estimate of drug-likeness (QED) is 0.860. The number of hydrogen-bond acceptors (Lipinski definition) is 4. The second-order valence-electron chi connectivity index (χ2n) is 4.34. The van der Waals surface area contributed by atoms with Crippen LogP contribution in [0.25, 0.3) is 0 Å². The number of carbonyl (C=O) groups is 1. The molecule has 0 spiro atoms. The van der Waals surface area contributed by atoms with Crippen LogP contribution < -0.4 is 0 Å². The van der Waals surface area contributed by atoms with E-state index >= 15 is 0 Å². The molecular formula is C14H10F2N2OS2. The van der Waals surface area contributed by atoms with Gasteiger partial charge in [0.2, 0.25) is 5.91 Å². The second kappa shape index (κ2) is 5.95. The Labute approximate surface area is 128 Å². The van der Waals surface area contributed by atoms with Gasteiger partial charge in [0, 0.05) is 10.9 Å². The zero-order chi connectivity index (χ0) is 14.8. The van der Waals surface area contributed by atoms with Crippen molar-refractivity contribution in [1.82, 2.24) is 4.90 Å². The van der Waals surface area contributed by atoms with E-state index in [1.54, 1.807) is 11.3 Å². The number of amidine groups is 1. The Morgan fingerprint density at radius 1 is 1.29 bits per heavy atom. The Bertz CT molecular complexity index is 701. The Balaban J connectivity index is 1.88. The third kappa shape index (κ3) is 3.14. The van der Waals surface area contributed by atoms with Gasteiger partial charge in [-0.05, 0) is 23.6 Å². The first-order chi connectivity index (χ1) is 10.1. The van der Waals surface area contributed by atoms with E-state index in [0.29, 0.717) is 11.7 Å². The van der Waals surface area contributed by atoms with Crippen LogP contribution >= 0.6 is 23.1 Å². The Hall–Kier alpha value is -1.73. The van der Waals surface area contributed by atoms with Crippen molar-refractivity contribution >= 4 is 39.9 Å². The zero-order valence-electron chi connectivity index (χ0n) is 10.8. The van der Waals surface area contributed by atoms with Gasteiger partial charge < -0.3 is 0 Å². The van der Waals surface area contributed by atoms with Crippen LogP contribution in [0.5, 0.6) is 0 Å². The van der Waals surface area contributed by atoms with Gasteiger partial charge in [0.25, 0.3) is 0 Å². The van der Waals surface area contributed by atoms with E-state index in [0.717, 1.165) is 17.0 Å². The van der Waals surface area contributed by atoms with Gasteiger partial charge in [-0.15, -0.1) is 11.3 Å². The summed E-state index contributed by atoms with van der Waals surface area (Å²) in [5, 5.41) is 2.37. The molecule has 1 aromatic heterocycles. The van der Waals surface area contributed by atoms with E-state index in [1.807, 2.05) is 17.5 Å². The van der Waals surface area contributed by atoms with Crippen molar-refractivity contribution in [3.63, 3.8) is 0 Å². The van der Waals surface area contributed by atoms with Gasteiger partial charge in [0.1, 0.15) is 11.5 Å². The first-order valence-corrected chi connectivity index (χ1v) is 7.99. The molecule has 2 heterocycles. The number of carbonyl (C=O) groups excluding carboxylic acids is 1. The number of amides is 1. The molecule has 0 N–H and O–H groups in total. The first-order valence-electron chi connectivity index (χ1n) is 6.13. The molecule has 1 aromatic carbocycles. The summed E-state index contributed by atoms with van der Waals surface area (Å²) in [6, 6.07) is 7.03. The second-order valence-corrected chi connectivity index (χ2v) is 6.31. The molecule has 0 radical (unpaired) electrons. The van der Waals surface area contributed by atoms with E-state index in [2.05, 4.69) is 4.99 Å². The molecule has 0 aliphatic carbocycles. The maximum Gasteiger partial charge on any atom is 0.239 e. The molecule has 108 valence electrons. The van der Waals surface area contributed by atoms with Crippen LogP contribution in [0.4, 0.5) is 14.5 Å². The fourth-order valence-corrected chi connectivity index (χ4v) is 3.46. The minimum Gasteiger partial charge on any atom is -0.285 e. The van der Waals surface area contributed by atoms with E-state index in [-0.39, 0.29) is 17.3 Å². The van der Waals surface area contributed by atoms with Gasteiger partial charge in [-0.25, -0.2) is 13.8 Å². The minimum absolute atomic E-state index is 0.0322.